The molecule has 4 heteroatoms. The van der Waals surface area contributed by atoms with Crippen LogP contribution in [0.2, 0.25) is 0 Å². The van der Waals surface area contributed by atoms with E-state index < -0.39 is 5.24 Å². The van der Waals surface area contributed by atoms with Crippen LogP contribution in [0.5, 0.6) is 0 Å². The first-order valence-electron chi connectivity index (χ1n) is 6.82. The number of hydrogen-bond acceptors (Lipinski definition) is 3. The maximum atomic E-state index is 10.9. The van der Waals surface area contributed by atoms with Crippen molar-refractivity contribution < 1.29 is 4.79 Å². The average molecular weight is 289 g/mol. The molecule has 0 aliphatic carbocycles. The summed E-state index contributed by atoms with van der Waals surface area (Å²) < 4.78 is 0. The van der Waals surface area contributed by atoms with Crippen LogP contribution in [0.4, 0.5) is 0 Å². The van der Waals surface area contributed by atoms with Crippen LogP contribution >= 0.6 is 11.6 Å². The highest BCUT2D eigenvalue weighted by Gasteiger charge is 2.05. The van der Waals surface area contributed by atoms with Crippen LogP contribution in [-0.4, -0.2) is 15.2 Å². The molecule has 0 aliphatic rings. The van der Waals surface area contributed by atoms with Gasteiger partial charge in [-0.15, -0.1) is 0 Å². The number of aryl methyl sites for hydroxylation is 1. The maximum absolute atomic E-state index is 10.9. The molecule has 20 heavy (non-hydrogen) atoms. The summed E-state index contributed by atoms with van der Waals surface area (Å²) in [6, 6.07) is 8.24. The molecule has 0 saturated carbocycles. The van der Waals surface area contributed by atoms with Gasteiger partial charge in [-0.1, -0.05) is 44.0 Å². The van der Waals surface area contributed by atoms with Crippen LogP contribution in [0.1, 0.15) is 42.1 Å². The largest absolute Gasteiger partial charge is 0.275 e. The Bertz CT molecular complexity index is 564. The number of aromatic nitrogens is 2. The fraction of sp³-hybridized carbons (Fsp3) is 0.312. The second kappa shape index (κ2) is 7.15. The van der Waals surface area contributed by atoms with Crippen LogP contribution in [0.25, 0.3) is 11.4 Å². The molecule has 0 atom stereocenters. The molecule has 0 aliphatic heterocycles. The van der Waals surface area contributed by atoms with Gasteiger partial charge in [0.05, 0.1) is 5.56 Å². The number of benzene rings is 1. The highest BCUT2D eigenvalue weighted by molar-refractivity contribution is 6.67. The lowest BCUT2D eigenvalue weighted by Crippen LogP contribution is -1.95. The Hall–Kier alpha value is -1.74. The van der Waals surface area contributed by atoms with Gasteiger partial charge in [-0.05, 0) is 30.0 Å². The lowest BCUT2D eigenvalue weighted by Gasteiger charge is -2.03. The van der Waals surface area contributed by atoms with Gasteiger partial charge in [-0.2, -0.15) is 0 Å². The highest BCUT2D eigenvalue weighted by atomic mass is 35.5. The van der Waals surface area contributed by atoms with Gasteiger partial charge in [-0.3, -0.25) is 4.79 Å². The summed E-state index contributed by atoms with van der Waals surface area (Å²) >= 11 is 5.36. The molecular weight excluding hydrogens is 272 g/mol. The summed E-state index contributed by atoms with van der Waals surface area (Å²) in [6.07, 6.45) is 7.73. The molecule has 0 amide bonds. The van der Waals surface area contributed by atoms with Crippen molar-refractivity contribution in [1.29, 1.82) is 0 Å². The average Bonchev–Trinajstić information content (AvgIpc) is 2.48. The molecule has 0 radical (unpaired) electrons. The van der Waals surface area contributed by atoms with Crippen molar-refractivity contribution >= 4 is 16.8 Å². The fourth-order valence-electron chi connectivity index (χ4n) is 1.98. The Morgan fingerprint density at radius 2 is 1.75 bits per heavy atom. The van der Waals surface area contributed by atoms with Crippen molar-refractivity contribution in [2.75, 3.05) is 0 Å². The molecule has 0 unspecified atom stereocenters. The highest BCUT2D eigenvalue weighted by Crippen LogP contribution is 2.17. The number of halogens is 1. The van der Waals surface area contributed by atoms with Gasteiger partial charge in [0.1, 0.15) is 0 Å². The van der Waals surface area contributed by atoms with E-state index >= 15 is 0 Å². The normalized spacial score (nSPS) is 10.5. The molecule has 104 valence electrons. The van der Waals surface area contributed by atoms with Crippen molar-refractivity contribution in [3.63, 3.8) is 0 Å². The van der Waals surface area contributed by atoms with Gasteiger partial charge in [0.25, 0.3) is 5.24 Å². The summed E-state index contributed by atoms with van der Waals surface area (Å²) in [6.45, 7) is 2.20. The summed E-state index contributed by atoms with van der Waals surface area (Å²) in [5.74, 6) is 0.603. The minimum absolute atomic E-state index is 0.312. The van der Waals surface area contributed by atoms with Crippen molar-refractivity contribution in [2.45, 2.75) is 32.6 Å². The summed E-state index contributed by atoms with van der Waals surface area (Å²) in [5, 5.41) is -0.539. The Labute approximate surface area is 124 Å². The zero-order valence-corrected chi connectivity index (χ0v) is 12.2. The Kier molecular flexibility index (Phi) is 5.24. The van der Waals surface area contributed by atoms with E-state index in [0.29, 0.717) is 11.4 Å². The minimum Gasteiger partial charge on any atom is -0.275 e. The van der Waals surface area contributed by atoms with Crippen molar-refractivity contribution in [3.8, 4) is 11.4 Å². The first-order chi connectivity index (χ1) is 9.70. The molecule has 0 bridgehead atoms. The molecule has 0 fully saturated rings. The van der Waals surface area contributed by atoms with Gasteiger partial charge in [0, 0.05) is 18.0 Å². The third-order valence-electron chi connectivity index (χ3n) is 3.16. The lowest BCUT2D eigenvalue weighted by atomic mass is 10.1. The number of rotatable bonds is 6. The van der Waals surface area contributed by atoms with Crippen LogP contribution in [-0.2, 0) is 6.42 Å². The van der Waals surface area contributed by atoms with E-state index in [-0.39, 0.29) is 0 Å². The molecule has 0 N–H and O–H groups in total. The first-order valence-corrected chi connectivity index (χ1v) is 7.19. The standard InChI is InChI=1S/C16H17ClN2O/c1-2-3-4-5-12-6-8-13(9-7-12)16-18-10-14(11-19-16)15(17)20/h6-11H,2-5H2,1H3. The van der Waals surface area contributed by atoms with Crippen molar-refractivity contribution in [1.82, 2.24) is 9.97 Å². The third kappa shape index (κ3) is 3.87. The van der Waals surface area contributed by atoms with Gasteiger partial charge < -0.3 is 0 Å². The third-order valence-corrected chi connectivity index (χ3v) is 3.38. The first kappa shape index (κ1) is 14.7. The lowest BCUT2D eigenvalue weighted by molar-refractivity contribution is 0.108. The zero-order chi connectivity index (χ0) is 14.4. The van der Waals surface area contributed by atoms with E-state index in [1.54, 1.807) is 0 Å². The predicted molar refractivity (Wildman–Crippen MR) is 80.9 cm³/mol. The maximum Gasteiger partial charge on any atom is 0.255 e. The molecule has 3 nitrogen and oxygen atoms in total. The zero-order valence-electron chi connectivity index (χ0n) is 11.5. The van der Waals surface area contributed by atoms with Gasteiger partial charge >= 0.3 is 0 Å². The van der Waals surface area contributed by atoms with E-state index in [9.17, 15) is 4.79 Å². The van der Waals surface area contributed by atoms with Gasteiger partial charge in [0.2, 0.25) is 0 Å². The predicted octanol–water partition coefficient (Wildman–Crippen LogP) is 4.26. The van der Waals surface area contributed by atoms with Gasteiger partial charge in [-0.25, -0.2) is 9.97 Å². The summed E-state index contributed by atoms with van der Waals surface area (Å²) in [5.41, 5.74) is 2.58. The number of hydrogen-bond donors (Lipinski definition) is 0. The second-order valence-electron chi connectivity index (χ2n) is 4.72. The molecule has 0 saturated heterocycles. The quantitative estimate of drug-likeness (QED) is 0.589. The van der Waals surface area contributed by atoms with Crippen LogP contribution in [0.15, 0.2) is 36.7 Å². The van der Waals surface area contributed by atoms with Crippen molar-refractivity contribution in [3.05, 3.63) is 47.8 Å². The minimum atomic E-state index is -0.539. The Morgan fingerprint density at radius 1 is 1.10 bits per heavy atom. The molecule has 1 heterocycles. The summed E-state index contributed by atoms with van der Waals surface area (Å²) in [4.78, 5) is 19.3. The smallest absolute Gasteiger partial charge is 0.255 e. The van der Waals surface area contributed by atoms with E-state index in [1.165, 1.54) is 37.2 Å². The van der Waals surface area contributed by atoms with E-state index in [2.05, 4.69) is 29.0 Å². The Balaban J connectivity index is 2.07. The van der Waals surface area contributed by atoms with E-state index in [4.69, 9.17) is 11.6 Å². The van der Waals surface area contributed by atoms with E-state index in [0.717, 1.165) is 12.0 Å². The SMILES string of the molecule is CCCCCc1ccc(-c2ncc(C(=O)Cl)cn2)cc1. The second-order valence-corrected chi connectivity index (χ2v) is 5.07. The molecule has 2 aromatic rings. The van der Waals surface area contributed by atoms with E-state index in [1.807, 2.05) is 12.1 Å². The van der Waals surface area contributed by atoms with Crippen LogP contribution in [0, 0.1) is 0 Å². The number of unbranched alkanes of at least 4 members (excludes halogenated alkanes) is 2. The molecular formula is C16H17ClN2O. The summed E-state index contributed by atoms with van der Waals surface area (Å²) in [7, 11) is 0. The Morgan fingerprint density at radius 3 is 2.30 bits per heavy atom. The topological polar surface area (TPSA) is 42.9 Å². The molecule has 2 rings (SSSR count). The molecule has 1 aromatic heterocycles. The monoisotopic (exact) mass is 288 g/mol. The molecule has 0 spiro atoms. The molecule has 1 aromatic carbocycles. The van der Waals surface area contributed by atoms with Crippen LogP contribution < -0.4 is 0 Å². The number of carbonyl (C=O) groups excluding carboxylic acids is 1. The van der Waals surface area contributed by atoms with Gasteiger partial charge in [0.15, 0.2) is 5.82 Å². The fourth-order valence-corrected chi connectivity index (χ4v) is 2.08. The number of nitrogens with zero attached hydrogens (tertiary/aromatic N) is 2. The van der Waals surface area contributed by atoms with Crippen LogP contribution in [0.3, 0.4) is 0 Å². The van der Waals surface area contributed by atoms with Crippen molar-refractivity contribution in [2.24, 2.45) is 0 Å². The number of carbonyl (C=O) groups is 1.